The van der Waals surface area contributed by atoms with E-state index < -0.39 is 0 Å². The molecule has 0 saturated carbocycles. The largest absolute Gasteiger partial charge is 0.343 e. The first kappa shape index (κ1) is 28.1. The highest BCUT2D eigenvalue weighted by molar-refractivity contribution is 6.13. The molecule has 0 aromatic heterocycles. The molecule has 0 amide bonds. The molecular formula is C35H45N5. The Kier molecular flexibility index (Phi) is 6.33. The highest BCUT2D eigenvalue weighted by Crippen LogP contribution is 2.51. The number of aliphatic imine (C=N–C) groups is 3. The minimum absolute atomic E-state index is 0.0960. The summed E-state index contributed by atoms with van der Waals surface area (Å²) in [6, 6.07) is 0. The third kappa shape index (κ3) is 5.18. The van der Waals surface area contributed by atoms with Gasteiger partial charge in [-0.1, -0.05) is 62.3 Å². The van der Waals surface area contributed by atoms with Crippen molar-refractivity contribution in [1.82, 2.24) is 10.2 Å². The Hall–Kier alpha value is -3.47. The summed E-state index contributed by atoms with van der Waals surface area (Å²) in [5.74, 6) is 1.04. The second kappa shape index (κ2) is 9.02. The maximum absolute atomic E-state index is 5.39. The standard InChI is InChI=1S/C35H45N5/c1-32(2,3)26-19-25-18-23-14-13-21(36-23)17-22-15-16-24(37-22)20-27-39-31(34(7,8)9)30(40(27)35(10,11)12)28(29(26)38-25)33(4,5)6/h13-20,39H,1-12H3. The molecule has 210 valence electrons. The quantitative estimate of drug-likeness (QED) is 0.339. The number of nitrogens with zero attached hydrogens (tertiary/aromatic N) is 4. The maximum atomic E-state index is 5.39. The Morgan fingerprint density at radius 3 is 1.62 bits per heavy atom. The molecule has 0 unspecified atom stereocenters. The molecule has 40 heavy (non-hydrogen) atoms. The summed E-state index contributed by atoms with van der Waals surface area (Å²) in [5, 5.41) is 3.89. The van der Waals surface area contributed by atoms with E-state index in [9.17, 15) is 0 Å². The lowest BCUT2D eigenvalue weighted by molar-refractivity contribution is 0.237. The van der Waals surface area contributed by atoms with Gasteiger partial charge in [-0.25, -0.2) is 15.0 Å². The highest BCUT2D eigenvalue weighted by Gasteiger charge is 2.45. The van der Waals surface area contributed by atoms with Crippen LogP contribution in [0.3, 0.4) is 0 Å². The van der Waals surface area contributed by atoms with Crippen LogP contribution in [0.4, 0.5) is 0 Å². The van der Waals surface area contributed by atoms with Gasteiger partial charge in [-0.05, 0) is 79.7 Å². The monoisotopic (exact) mass is 535 g/mol. The molecule has 5 rings (SSSR count). The summed E-state index contributed by atoms with van der Waals surface area (Å²) in [6.07, 6.45) is 16.8. The predicted octanol–water partition coefficient (Wildman–Crippen LogP) is 8.32. The SMILES string of the molecule is CC(C)(C)C1=CC2=NC1=C(C(C)(C)C)C1=C(C(C)(C)C)NC(=CC3=NC(=CC4=NC(=C2)C=C4)C=C3)N1C(C)(C)C. The zero-order valence-electron chi connectivity index (χ0n) is 26.4. The molecule has 0 aromatic carbocycles. The van der Waals surface area contributed by atoms with Crippen LogP contribution in [-0.2, 0) is 0 Å². The van der Waals surface area contributed by atoms with Crippen molar-refractivity contribution in [3.05, 3.63) is 94.1 Å². The van der Waals surface area contributed by atoms with Crippen LogP contribution in [0.2, 0.25) is 0 Å². The van der Waals surface area contributed by atoms with Gasteiger partial charge in [-0.2, -0.15) is 0 Å². The molecule has 5 nitrogen and oxygen atoms in total. The Morgan fingerprint density at radius 2 is 1.12 bits per heavy atom. The zero-order chi connectivity index (χ0) is 29.4. The molecular weight excluding hydrogens is 490 g/mol. The van der Waals surface area contributed by atoms with Crippen molar-refractivity contribution in [2.24, 2.45) is 31.2 Å². The molecule has 5 aliphatic rings. The number of rotatable bonds is 0. The van der Waals surface area contributed by atoms with E-state index in [1.54, 1.807) is 0 Å². The molecule has 0 spiro atoms. The summed E-state index contributed by atoms with van der Waals surface area (Å²) in [7, 11) is 0. The van der Waals surface area contributed by atoms with Gasteiger partial charge in [0.1, 0.15) is 5.82 Å². The second-order valence-corrected chi connectivity index (χ2v) is 15.3. The fraction of sp³-hybridized carbons (Fsp3) is 0.457. The maximum Gasteiger partial charge on any atom is 0.113 e. The van der Waals surface area contributed by atoms with E-state index in [4.69, 9.17) is 15.0 Å². The van der Waals surface area contributed by atoms with Crippen LogP contribution in [0.5, 0.6) is 0 Å². The third-order valence-electron chi connectivity index (χ3n) is 7.44. The van der Waals surface area contributed by atoms with Crippen molar-refractivity contribution in [2.75, 3.05) is 0 Å². The van der Waals surface area contributed by atoms with Gasteiger partial charge in [0.2, 0.25) is 0 Å². The predicted molar refractivity (Wildman–Crippen MR) is 170 cm³/mol. The summed E-state index contributed by atoms with van der Waals surface area (Å²) in [4.78, 5) is 17.7. The Bertz CT molecular complexity index is 1510. The first-order valence-electron chi connectivity index (χ1n) is 14.4. The van der Waals surface area contributed by atoms with Gasteiger partial charge in [0.25, 0.3) is 0 Å². The first-order chi connectivity index (χ1) is 18.3. The molecule has 0 radical (unpaired) electrons. The fourth-order valence-corrected chi connectivity index (χ4v) is 5.70. The molecule has 8 bridgehead atoms. The molecule has 0 fully saturated rings. The van der Waals surface area contributed by atoms with Crippen molar-refractivity contribution in [3.8, 4) is 0 Å². The normalized spacial score (nSPS) is 21.3. The Balaban J connectivity index is 1.93. The number of allylic oxidation sites excluding steroid dienone is 11. The molecule has 0 aromatic rings. The average Bonchev–Trinajstić information content (AvgIpc) is 3.53. The number of hydrogen-bond acceptors (Lipinski definition) is 5. The lowest BCUT2D eigenvalue weighted by atomic mass is 9.75. The van der Waals surface area contributed by atoms with Crippen LogP contribution in [0.15, 0.2) is 109 Å². The van der Waals surface area contributed by atoms with Crippen molar-refractivity contribution in [1.29, 1.82) is 0 Å². The van der Waals surface area contributed by atoms with Gasteiger partial charge < -0.3 is 10.2 Å². The Morgan fingerprint density at radius 1 is 0.575 bits per heavy atom. The summed E-state index contributed by atoms with van der Waals surface area (Å²) < 4.78 is 0. The smallest absolute Gasteiger partial charge is 0.113 e. The molecule has 5 heterocycles. The zero-order valence-corrected chi connectivity index (χ0v) is 26.4. The van der Waals surface area contributed by atoms with Crippen molar-refractivity contribution < 1.29 is 0 Å². The van der Waals surface area contributed by atoms with E-state index in [0.29, 0.717) is 0 Å². The lowest BCUT2D eigenvalue weighted by Gasteiger charge is -2.41. The van der Waals surface area contributed by atoms with E-state index in [1.807, 2.05) is 12.2 Å². The minimum Gasteiger partial charge on any atom is -0.343 e. The molecule has 0 atom stereocenters. The van der Waals surface area contributed by atoms with Gasteiger partial charge in [-0.15, -0.1) is 0 Å². The molecule has 0 saturated heterocycles. The first-order valence-corrected chi connectivity index (χ1v) is 14.4. The van der Waals surface area contributed by atoms with Gasteiger partial charge >= 0.3 is 0 Å². The van der Waals surface area contributed by atoms with E-state index >= 15 is 0 Å². The van der Waals surface area contributed by atoms with Gasteiger partial charge in [0, 0.05) is 28.3 Å². The van der Waals surface area contributed by atoms with Gasteiger partial charge in [0.15, 0.2) is 0 Å². The molecule has 5 heteroatoms. The van der Waals surface area contributed by atoms with E-state index in [1.165, 1.54) is 22.5 Å². The summed E-state index contributed by atoms with van der Waals surface area (Å²) in [6.45, 7) is 27.5. The average molecular weight is 536 g/mol. The molecule has 5 aliphatic heterocycles. The Labute approximate surface area is 241 Å². The van der Waals surface area contributed by atoms with Crippen LogP contribution in [0, 0.1) is 16.2 Å². The second-order valence-electron chi connectivity index (χ2n) is 15.3. The molecule has 1 N–H and O–H groups in total. The van der Waals surface area contributed by atoms with Crippen LogP contribution in [-0.4, -0.2) is 27.6 Å². The third-order valence-corrected chi connectivity index (χ3v) is 7.44. The summed E-state index contributed by atoms with van der Waals surface area (Å²) >= 11 is 0. The van der Waals surface area contributed by atoms with Crippen LogP contribution < -0.4 is 5.32 Å². The van der Waals surface area contributed by atoms with Gasteiger partial charge in [0.05, 0.1) is 39.9 Å². The van der Waals surface area contributed by atoms with Crippen molar-refractivity contribution in [3.63, 3.8) is 0 Å². The number of fused-ring (bicyclic) bond motifs is 5. The highest BCUT2D eigenvalue weighted by atomic mass is 15.3. The van der Waals surface area contributed by atoms with Crippen molar-refractivity contribution in [2.45, 2.75) is 88.6 Å². The number of nitrogens with one attached hydrogen (secondary N) is 1. The van der Waals surface area contributed by atoms with Crippen LogP contribution in [0.1, 0.15) is 83.1 Å². The van der Waals surface area contributed by atoms with Crippen molar-refractivity contribution >= 4 is 17.1 Å². The number of hydrogen-bond donors (Lipinski definition) is 1. The van der Waals surface area contributed by atoms with Crippen LogP contribution >= 0.6 is 0 Å². The van der Waals surface area contributed by atoms with E-state index in [-0.39, 0.29) is 21.8 Å². The fourth-order valence-electron chi connectivity index (χ4n) is 5.70. The van der Waals surface area contributed by atoms with Crippen LogP contribution in [0.25, 0.3) is 0 Å². The topological polar surface area (TPSA) is 52.4 Å². The minimum atomic E-state index is -0.207. The molecule has 0 aliphatic carbocycles. The lowest BCUT2D eigenvalue weighted by Crippen LogP contribution is -2.41. The van der Waals surface area contributed by atoms with Gasteiger partial charge in [-0.3, -0.25) is 0 Å². The van der Waals surface area contributed by atoms with E-state index in [2.05, 4.69) is 130 Å². The van der Waals surface area contributed by atoms with E-state index in [0.717, 1.165) is 40.0 Å². The summed E-state index contributed by atoms with van der Waals surface area (Å²) in [5.41, 5.74) is 9.93.